The zero-order valence-electron chi connectivity index (χ0n) is 13.2. The number of nitrogens with zero attached hydrogens (tertiary/aromatic N) is 1. The molecule has 0 aliphatic heterocycles. The number of nitriles is 1. The third kappa shape index (κ3) is 5.15. The summed E-state index contributed by atoms with van der Waals surface area (Å²) in [5.41, 5.74) is 1.84. The van der Waals surface area contributed by atoms with Gasteiger partial charge in [0.05, 0.1) is 0 Å². The summed E-state index contributed by atoms with van der Waals surface area (Å²) in [6, 6.07) is 19.0. The van der Waals surface area contributed by atoms with Gasteiger partial charge in [0.25, 0.3) is 5.91 Å². The number of nitrogens with one attached hydrogen (secondary N) is 1. The summed E-state index contributed by atoms with van der Waals surface area (Å²) < 4.78 is 5.75. The highest BCUT2D eigenvalue weighted by molar-refractivity contribution is 6.01. The fourth-order valence-corrected chi connectivity index (χ4v) is 2.01. The maximum Gasteiger partial charge on any atom is 0.262 e. The Balaban J connectivity index is 2.08. The van der Waals surface area contributed by atoms with Gasteiger partial charge in [-0.25, -0.2) is 0 Å². The van der Waals surface area contributed by atoms with Crippen molar-refractivity contribution in [1.29, 1.82) is 5.26 Å². The van der Waals surface area contributed by atoms with Crippen molar-refractivity contribution in [3.63, 3.8) is 0 Å². The molecule has 0 atom stereocenters. The molecule has 1 N–H and O–H groups in total. The molecule has 0 spiro atoms. The number of benzene rings is 2. The Kier molecular flexibility index (Phi) is 6.36. The monoisotopic (exact) mass is 318 g/mol. The van der Waals surface area contributed by atoms with Gasteiger partial charge in [-0.1, -0.05) is 48.5 Å². The molecule has 0 aliphatic carbocycles. The summed E-state index contributed by atoms with van der Waals surface area (Å²) in [5.74, 6) is 0.254. The SMILES string of the molecule is C=CCNC(=O)/C(C#N)=C\c1cccc(OCc2ccccc2)c1. The molecule has 24 heavy (non-hydrogen) atoms. The highest BCUT2D eigenvalue weighted by atomic mass is 16.5. The Hall–Kier alpha value is -3.32. The summed E-state index contributed by atoms with van der Waals surface area (Å²) in [4.78, 5) is 11.9. The molecular formula is C20H18N2O2. The molecule has 2 rings (SSSR count). The molecule has 2 aromatic carbocycles. The van der Waals surface area contributed by atoms with Crippen LogP contribution in [0.1, 0.15) is 11.1 Å². The molecule has 0 fully saturated rings. The highest BCUT2D eigenvalue weighted by Crippen LogP contribution is 2.17. The normalized spacial score (nSPS) is 10.5. The molecule has 2 aromatic rings. The average molecular weight is 318 g/mol. The molecule has 120 valence electrons. The first-order valence-corrected chi connectivity index (χ1v) is 7.50. The van der Waals surface area contributed by atoms with Gasteiger partial charge < -0.3 is 10.1 Å². The third-order valence-corrected chi connectivity index (χ3v) is 3.19. The van der Waals surface area contributed by atoms with Crippen LogP contribution < -0.4 is 10.1 Å². The van der Waals surface area contributed by atoms with Crippen molar-refractivity contribution in [2.24, 2.45) is 0 Å². The summed E-state index contributed by atoms with van der Waals surface area (Å²) in [6.07, 6.45) is 3.10. The largest absolute Gasteiger partial charge is 0.489 e. The van der Waals surface area contributed by atoms with E-state index in [9.17, 15) is 4.79 Å². The van der Waals surface area contributed by atoms with E-state index >= 15 is 0 Å². The van der Waals surface area contributed by atoms with Crippen LogP contribution >= 0.6 is 0 Å². The zero-order chi connectivity index (χ0) is 17.2. The zero-order valence-corrected chi connectivity index (χ0v) is 13.2. The Morgan fingerprint density at radius 1 is 1.21 bits per heavy atom. The van der Waals surface area contributed by atoms with Crippen molar-refractivity contribution in [2.75, 3.05) is 6.54 Å². The fourth-order valence-electron chi connectivity index (χ4n) is 2.01. The van der Waals surface area contributed by atoms with Gasteiger partial charge in [-0.15, -0.1) is 6.58 Å². The van der Waals surface area contributed by atoms with Gasteiger partial charge in [0.2, 0.25) is 0 Å². The van der Waals surface area contributed by atoms with Crippen molar-refractivity contribution in [2.45, 2.75) is 6.61 Å². The summed E-state index contributed by atoms with van der Waals surface area (Å²) in [6.45, 7) is 4.30. The van der Waals surface area contributed by atoms with Crippen molar-refractivity contribution in [1.82, 2.24) is 5.32 Å². The van der Waals surface area contributed by atoms with Crippen LogP contribution in [0.3, 0.4) is 0 Å². The van der Waals surface area contributed by atoms with Gasteiger partial charge in [0.1, 0.15) is 24.0 Å². The second-order valence-electron chi connectivity index (χ2n) is 5.02. The summed E-state index contributed by atoms with van der Waals surface area (Å²) in [7, 11) is 0. The number of amides is 1. The van der Waals surface area contributed by atoms with Gasteiger partial charge in [-0.3, -0.25) is 4.79 Å². The Morgan fingerprint density at radius 2 is 2.00 bits per heavy atom. The molecule has 4 nitrogen and oxygen atoms in total. The van der Waals surface area contributed by atoms with E-state index in [0.29, 0.717) is 18.9 Å². The first-order valence-electron chi connectivity index (χ1n) is 7.50. The van der Waals surface area contributed by atoms with E-state index in [4.69, 9.17) is 10.00 Å². The van der Waals surface area contributed by atoms with Crippen LogP contribution in [0, 0.1) is 11.3 Å². The van der Waals surface area contributed by atoms with Crippen LogP contribution in [0.15, 0.2) is 72.8 Å². The quantitative estimate of drug-likeness (QED) is 0.483. The van der Waals surface area contributed by atoms with Crippen molar-refractivity contribution in [3.05, 3.63) is 84.0 Å². The maximum absolute atomic E-state index is 11.9. The maximum atomic E-state index is 11.9. The predicted octanol–water partition coefficient (Wildman–Crippen LogP) is 3.47. The van der Waals surface area contributed by atoms with E-state index in [-0.39, 0.29) is 5.57 Å². The molecule has 0 saturated heterocycles. The molecular weight excluding hydrogens is 300 g/mol. The molecule has 0 aliphatic rings. The van der Waals surface area contributed by atoms with Crippen molar-refractivity contribution >= 4 is 12.0 Å². The van der Waals surface area contributed by atoms with Crippen LogP contribution in [0.4, 0.5) is 0 Å². The van der Waals surface area contributed by atoms with E-state index in [2.05, 4.69) is 11.9 Å². The smallest absolute Gasteiger partial charge is 0.262 e. The van der Waals surface area contributed by atoms with E-state index < -0.39 is 5.91 Å². The van der Waals surface area contributed by atoms with Gasteiger partial charge in [-0.05, 0) is 29.3 Å². The van der Waals surface area contributed by atoms with Gasteiger partial charge >= 0.3 is 0 Å². The number of hydrogen-bond acceptors (Lipinski definition) is 3. The molecule has 0 radical (unpaired) electrons. The van der Waals surface area contributed by atoms with Crippen LogP contribution in [-0.2, 0) is 11.4 Å². The number of ether oxygens (including phenoxy) is 1. The number of carbonyl (C=O) groups is 1. The average Bonchev–Trinajstić information content (AvgIpc) is 2.63. The van der Waals surface area contributed by atoms with Gasteiger partial charge in [0, 0.05) is 6.54 Å². The van der Waals surface area contributed by atoms with Crippen LogP contribution in [0.5, 0.6) is 5.75 Å². The molecule has 1 amide bonds. The summed E-state index contributed by atoms with van der Waals surface area (Å²) >= 11 is 0. The molecule has 0 unspecified atom stereocenters. The Bertz CT molecular complexity index is 774. The first-order chi connectivity index (χ1) is 11.7. The van der Waals surface area contributed by atoms with Crippen LogP contribution in [0.25, 0.3) is 6.08 Å². The molecule has 0 bridgehead atoms. The lowest BCUT2D eigenvalue weighted by Gasteiger charge is -2.07. The third-order valence-electron chi connectivity index (χ3n) is 3.19. The molecule has 0 aromatic heterocycles. The second kappa shape index (κ2) is 8.96. The number of carbonyl (C=O) groups excluding carboxylic acids is 1. The standard InChI is InChI=1S/C20H18N2O2/c1-2-11-22-20(23)18(14-21)12-17-9-6-10-19(13-17)24-15-16-7-4-3-5-8-16/h2-10,12-13H,1,11,15H2,(H,22,23)/b18-12-. The molecule has 0 heterocycles. The molecule has 4 heteroatoms. The van der Waals surface area contributed by atoms with Crippen LogP contribution in [0.2, 0.25) is 0 Å². The predicted molar refractivity (Wildman–Crippen MR) is 94.0 cm³/mol. The number of rotatable bonds is 7. The van der Waals surface area contributed by atoms with E-state index in [1.54, 1.807) is 12.1 Å². The number of hydrogen-bond donors (Lipinski definition) is 1. The van der Waals surface area contributed by atoms with Crippen LogP contribution in [-0.4, -0.2) is 12.5 Å². The lowest BCUT2D eigenvalue weighted by atomic mass is 10.1. The highest BCUT2D eigenvalue weighted by Gasteiger charge is 2.07. The molecule has 0 saturated carbocycles. The van der Waals surface area contributed by atoms with Gasteiger partial charge in [-0.2, -0.15) is 5.26 Å². The lowest BCUT2D eigenvalue weighted by molar-refractivity contribution is -0.116. The first kappa shape index (κ1) is 17.0. The minimum Gasteiger partial charge on any atom is -0.489 e. The van der Waals surface area contributed by atoms with E-state index in [0.717, 1.165) is 11.1 Å². The Labute approximate surface area is 141 Å². The van der Waals surface area contributed by atoms with E-state index in [1.807, 2.05) is 54.6 Å². The Morgan fingerprint density at radius 3 is 2.71 bits per heavy atom. The van der Waals surface area contributed by atoms with Gasteiger partial charge in [0.15, 0.2) is 0 Å². The van der Waals surface area contributed by atoms with Crippen molar-refractivity contribution < 1.29 is 9.53 Å². The fraction of sp³-hybridized carbons (Fsp3) is 0.100. The summed E-state index contributed by atoms with van der Waals surface area (Å²) in [5, 5.41) is 11.7. The van der Waals surface area contributed by atoms with Crippen molar-refractivity contribution in [3.8, 4) is 11.8 Å². The minimum absolute atomic E-state index is 0.0389. The topological polar surface area (TPSA) is 62.1 Å². The lowest BCUT2D eigenvalue weighted by Crippen LogP contribution is -2.24. The minimum atomic E-state index is -0.423. The second-order valence-corrected chi connectivity index (χ2v) is 5.02. The van der Waals surface area contributed by atoms with E-state index in [1.165, 1.54) is 6.08 Å².